The number of carboxylic acids is 1. The molecule has 0 aliphatic heterocycles. The lowest BCUT2D eigenvalue weighted by Crippen LogP contribution is -2.42. The van der Waals surface area contributed by atoms with Gasteiger partial charge in [0, 0.05) is 31.4 Å². The van der Waals surface area contributed by atoms with Crippen LogP contribution in [-0.2, 0) is 21.2 Å². The Morgan fingerprint density at radius 3 is 2.64 bits per heavy atom. The van der Waals surface area contributed by atoms with Gasteiger partial charge in [-0.3, -0.25) is 9.59 Å². The summed E-state index contributed by atoms with van der Waals surface area (Å²) in [7, 11) is -1.52. The third-order valence-electron chi connectivity index (χ3n) is 5.63. The summed E-state index contributed by atoms with van der Waals surface area (Å²) in [6.07, 6.45) is 6.63. The van der Waals surface area contributed by atoms with Crippen LogP contribution in [0.25, 0.3) is 17.0 Å². The number of sulfonamides is 1. The van der Waals surface area contributed by atoms with E-state index in [-0.39, 0.29) is 16.5 Å². The van der Waals surface area contributed by atoms with Gasteiger partial charge in [0.15, 0.2) is 17.4 Å². The molecular formula is C25H26N6O7S. The number of aromatic nitrogens is 4. The Morgan fingerprint density at radius 2 is 1.95 bits per heavy atom. The largest absolute Gasteiger partial charge is 0.493 e. The highest BCUT2D eigenvalue weighted by Gasteiger charge is 2.27. The monoisotopic (exact) mass is 554 g/mol. The van der Waals surface area contributed by atoms with E-state index in [1.807, 2.05) is 12.2 Å². The Morgan fingerprint density at radius 1 is 1.15 bits per heavy atom. The molecule has 0 spiro atoms. The first-order valence-corrected chi connectivity index (χ1v) is 13.1. The van der Waals surface area contributed by atoms with E-state index in [0.717, 1.165) is 5.56 Å². The summed E-state index contributed by atoms with van der Waals surface area (Å²) in [5, 5.41) is 13.1. The van der Waals surface area contributed by atoms with E-state index in [4.69, 9.17) is 9.47 Å². The average Bonchev–Trinajstić information content (AvgIpc) is 3.44. The fourth-order valence-corrected chi connectivity index (χ4v) is 4.93. The van der Waals surface area contributed by atoms with Crippen LogP contribution >= 0.6 is 0 Å². The Bertz CT molecular complexity index is 1670. The van der Waals surface area contributed by atoms with Gasteiger partial charge in [-0.1, -0.05) is 18.2 Å². The smallest absolute Gasteiger partial charge is 0.322 e. The number of aromatic amines is 2. The SMILES string of the molecule is COc1ccc(S(=O)(=O)N[C@@H](Cc2nc3ccc(/C=C/CNc4ncc[nH]4)cc3c(=O)[nH]2)C(=O)O)cc1OC. The van der Waals surface area contributed by atoms with Crippen LogP contribution in [0.1, 0.15) is 11.4 Å². The van der Waals surface area contributed by atoms with E-state index in [1.54, 1.807) is 30.6 Å². The fraction of sp³-hybridized carbons (Fsp3) is 0.200. The van der Waals surface area contributed by atoms with Crippen molar-refractivity contribution in [2.45, 2.75) is 17.4 Å². The third-order valence-corrected chi connectivity index (χ3v) is 7.10. The standard InChI is InChI=1S/C25H26N6O7S/c1-37-20-8-6-16(13-21(20)38-2)39(35,36)31-19(24(33)34)14-22-29-18-7-5-15(12-17(18)23(32)30-22)4-3-9-26-25-27-10-11-28-25/h3-8,10-13,19,31H,9,14H2,1-2H3,(H,33,34)(H2,26,27,28)(H,29,30,32)/b4-3+/t19-/m0/s1. The lowest BCUT2D eigenvalue weighted by atomic mass is 10.1. The number of fused-ring (bicyclic) bond motifs is 1. The highest BCUT2D eigenvalue weighted by atomic mass is 32.2. The molecular weight excluding hydrogens is 528 g/mol. The number of ether oxygens (including phenoxy) is 2. The van der Waals surface area contributed by atoms with Gasteiger partial charge in [-0.15, -0.1) is 0 Å². The Labute approximate surface area is 223 Å². The summed E-state index contributed by atoms with van der Waals surface area (Å²) in [4.78, 5) is 38.4. The summed E-state index contributed by atoms with van der Waals surface area (Å²) in [6, 6.07) is 7.32. The van der Waals surface area contributed by atoms with E-state index >= 15 is 0 Å². The molecule has 0 saturated heterocycles. The van der Waals surface area contributed by atoms with Crippen LogP contribution in [0.2, 0.25) is 0 Å². The van der Waals surface area contributed by atoms with Crippen molar-refractivity contribution in [3.8, 4) is 11.5 Å². The topological polar surface area (TPSA) is 188 Å². The number of rotatable bonds is 12. The van der Waals surface area contributed by atoms with Gasteiger partial charge in [-0.2, -0.15) is 4.72 Å². The van der Waals surface area contributed by atoms with E-state index in [2.05, 4.69) is 30.0 Å². The number of nitrogens with zero attached hydrogens (tertiary/aromatic N) is 2. The van der Waals surface area contributed by atoms with Crippen molar-refractivity contribution in [2.24, 2.45) is 0 Å². The van der Waals surface area contributed by atoms with Crippen molar-refractivity contribution >= 4 is 38.9 Å². The van der Waals surface area contributed by atoms with Crippen LogP contribution in [0, 0.1) is 0 Å². The van der Waals surface area contributed by atoms with Gasteiger partial charge in [-0.05, 0) is 29.8 Å². The zero-order valence-electron chi connectivity index (χ0n) is 21.0. The van der Waals surface area contributed by atoms with Crippen LogP contribution in [0.4, 0.5) is 5.95 Å². The summed E-state index contributed by atoms with van der Waals surface area (Å²) < 4.78 is 38.2. The third kappa shape index (κ3) is 6.61. The van der Waals surface area contributed by atoms with Gasteiger partial charge >= 0.3 is 5.97 Å². The van der Waals surface area contributed by atoms with Crippen LogP contribution < -0.4 is 25.1 Å². The number of H-pyrrole nitrogens is 2. The molecule has 4 aromatic rings. The molecule has 0 radical (unpaired) electrons. The molecule has 0 saturated carbocycles. The number of methoxy groups -OCH3 is 2. The van der Waals surface area contributed by atoms with E-state index in [1.165, 1.54) is 32.4 Å². The molecule has 4 rings (SSSR count). The predicted molar refractivity (Wildman–Crippen MR) is 143 cm³/mol. The molecule has 0 unspecified atom stereocenters. The molecule has 13 nitrogen and oxygen atoms in total. The molecule has 0 bridgehead atoms. The Kier molecular flexibility index (Phi) is 8.27. The van der Waals surface area contributed by atoms with Crippen molar-refractivity contribution in [1.82, 2.24) is 24.7 Å². The molecule has 2 aromatic heterocycles. The number of imidazole rings is 1. The number of carbonyl (C=O) groups is 1. The van der Waals surface area contributed by atoms with E-state index in [9.17, 15) is 23.1 Å². The number of carboxylic acid groups (broad SMARTS) is 1. The number of hydrogen-bond donors (Lipinski definition) is 5. The van der Waals surface area contributed by atoms with Gasteiger partial charge in [0.25, 0.3) is 5.56 Å². The molecule has 0 fully saturated rings. The summed E-state index contributed by atoms with van der Waals surface area (Å²) in [5.74, 6) is -0.313. The second-order valence-electron chi connectivity index (χ2n) is 8.24. The van der Waals surface area contributed by atoms with Crippen LogP contribution in [0.15, 0.2) is 64.6 Å². The van der Waals surface area contributed by atoms with Gasteiger partial charge in [-0.25, -0.2) is 18.4 Å². The van der Waals surface area contributed by atoms with Gasteiger partial charge in [0.05, 0.1) is 30.0 Å². The van der Waals surface area contributed by atoms with Crippen molar-refractivity contribution < 1.29 is 27.8 Å². The van der Waals surface area contributed by atoms with Crippen LogP contribution in [-0.4, -0.2) is 66.2 Å². The maximum atomic E-state index is 12.9. The van der Waals surface area contributed by atoms with Crippen molar-refractivity contribution in [2.75, 3.05) is 26.1 Å². The molecule has 5 N–H and O–H groups in total. The Balaban J connectivity index is 1.51. The van der Waals surface area contributed by atoms with E-state index in [0.29, 0.717) is 29.1 Å². The predicted octanol–water partition coefficient (Wildman–Crippen LogP) is 1.76. The van der Waals surface area contributed by atoms with Crippen molar-refractivity contribution in [3.05, 3.63) is 76.6 Å². The molecule has 14 heteroatoms. The van der Waals surface area contributed by atoms with Crippen LogP contribution in [0.5, 0.6) is 11.5 Å². The molecule has 0 aliphatic carbocycles. The molecule has 2 aromatic carbocycles. The van der Waals surface area contributed by atoms with Crippen LogP contribution in [0.3, 0.4) is 0 Å². The second kappa shape index (κ2) is 11.8. The van der Waals surface area contributed by atoms with Gasteiger partial charge < -0.3 is 29.9 Å². The quantitative estimate of drug-likeness (QED) is 0.173. The molecule has 0 amide bonds. The molecule has 204 valence electrons. The highest BCUT2D eigenvalue weighted by Crippen LogP contribution is 2.29. The normalized spacial score (nSPS) is 12.5. The number of anilines is 1. The maximum Gasteiger partial charge on any atom is 0.322 e. The average molecular weight is 555 g/mol. The highest BCUT2D eigenvalue weighted by molar-refractivity contribution is 7.89. The number of hydrogen-bond acceptors (Lipinski definition) is 9. The van der Waals surface area contributed by atoms with Crippen molar-refractivity contribution in [3.63, 3.8) is 0 Å². The first-order chi connectivity index (χ1) is 18.7. The van der Waals surface area contributed by atoms with Gasteiger partial charge in [0.1, 0.15) is 11.9 Å². The zero-order valence-corrected chi connectivity index (χ0v) is 21.8. The minimum absolute atomic E-state index is 0.0147. The first-order valence-electron chi connectivity index (χ1n) is 11.6. The Hall–Kier alpha value is -4.69. The number of aliphatic carboxylic acids is 1. The summed E-state index contributed by atoms with van der Waals surface area (Å²) in [6.45, 7) is 0.509. The van der Waals surface area contributed by atoms with Gasteiger partial charge in [0.2, 0.25) is 10.0 Å². The lowest BCUT2D eigenvalue weighted by Gasteiger charge is -2.16. The number of nitrogens with one attached hydrogen (secondary N) is 4. The molecule has 2 heterocycles. The molecule has 39 heavy (non-hydrogen) atoms. The lowest BCUT2D eigenvalue weighted by molar-refractivity contribution is -0.139. The zero-order chi connectivity index (χ0) is 28.0. The van der Waals surface area contributed by atoms with Crippen molar-refractivity contribution in [1.29, 1.82) is 0 Å². The second-order valence-corrected chi connectivity index (χ2v) is 9.96. The molecule has 0 aliphatic rings. The van der Waals surface area contributed by atoms with E-state index < -0.39 is 34.0 Å². The summed E-state index contributed by atoms with van der Waals surface area (Å²) in [5.41, 5.74) is 0.618. The number of benzene rings is 2. The fourth-order valence-electron chi connectivity index (χ4n) is 3.73. The summed E-state index contributed by atoms with van der Waals surface area (Å²) >= 11 is 0. The minimum Gasteiger partial charge on any atom is -0.493 e. The minimum atomic E-state index is -4.27. The maximum absolute atomic E-state index is 12.9. The molecule has 1 atom stereocenters. The first kappa shape index (κ1) is 27.3.